The van der Waals surface area contributed by atoms with Crippen molar-refractivity contribution in [1.29, 1.82) is 0 Å². The first-order valence-electron chi connectivity index (χ1n) is 7.02. The molecule has 0 atom stereocenters. The highest BCUT2D eigenvalue weighted by Gasteiger charge is 2.02. The van der Waals surface area contributed by atoms with Crippen molar-refractivity contribution in [3.8, 4) is 5.69 Å². The number of rotatable bonds is 7. The number of nitrogens with zero attached hydrogens (tertiary/aromatic N) is 3. The van der Waals surface area contributed by atoms with E-state index in [4.69, 9.17) is 10.5 Å². The molecule has 0 aliphatic heterocycles. The summed E-state index contributed by atoms with van der Waals surface area (Å²) in [5.74, 6) is 0.138. The number of benzene rings is 1. The van der Waals surface area contributed by atoms with Crippen molar-refractivity contribution in [3.05, 3.63) is 48.0 Å². The van der Waals surface area contributed by atoms with Crippen molar-refractivity contribution in [2.45, 2.75) is 6.42 Å². The van der Waals surface area contributed by atoms with E-state index in [2.05, 4.69) is 15.4 Å². The van der Waals surface area contributed by atoms with Gasteiger partial charge in [0.1, 0.15) is 5.82 Å². The molecular formula is C15H20FN5O. The van der Waals surface area contributed by atoms with Crippen LogP contribution in [-0.2, 0) is 11.2 Å². The molecule has 0 amide bonds. The Balaban J connectivity index is 1.82. The number of halogens is 1. The Hall–Kier alpha value is -2.41. The van der Waals surface area contributed by atoms with Crippen LogP contribution >= 0.6 is 0 Å². The Labute approximate surface area is 128 Å². The van der Waals surface area contributed by atoms with Crippen LogP contribution in [0.5, 0.6) is 0 Å². The lowest BCUT2D eigenvalue weighted by atomic mass is 10.3. The topological polar surface area (TPSA) is 77.5 Å². The van der Waals surface area contributed by atoms with E-state index in [0.29, 0.717) is 32.1 Å². The molecule has 0 radical (unpaired) electrons. The van der Waals surface area contributed by atoms with Gasteiger partial charge in [-0.1, -0.05) is 0 Å². The van der Waals surface area contributed by atoms with Gasteiger partial charge in [0.15, 0.2) is 5.96 Å². The summed E-state index contributed by atoms with van der Waals surface area (Å²) < 4.78 is 19.5. The third kappa shape index (κ3) is 4.85. The van der Waals surface area contributed by atoms with Crippen molar-refractivity contribution in [2.24, 2.45) is 10.7 Å². The van der Waals surface area contributed by atoms with Gasteiger partial charge in [0.05, 0.1) is 24.5 Å². The van der Waals surface area contributed by atoms with Gasteiger partial charge in [-0.25, -0.2) is 9.07 Å². The van der Waals surface area contributed by atoms with Crippen molar-refractivity contribution >= 4 is 5.96 Å². The fourth-order valence-electron chi connectivity index (χ4n) is 1.86. The minimum absolute atomic E-state index is 0.261. The number of guanidine groups is 1. The Morgan fingerprint density at radius 1 is 1.36 bits per heavy atom. The standard InChI is InChI=1S/C15H20FN5O/c1-22-11-9-19-15(17)18-8-6-13-7-10-21(20-13)14-4-2-12(16)3-5-14/h2-5,7,10H,6,8-9,11H2,1H3,(H3,17,18,19). The lowest BCUT2D eigenvalue weighted by molar-refractivity contribution is 0.208. The number of nitrogens with two attached hydrogens (primary N) is 1. The molecule has 6 nitrogen and oxygen atoms in total. The van der Waals surface area contributed by atoms with Crippen LogP contribution in [-0.4, -0.2) is 42.5 Å². The minimum Gasteiger partial charge on any atom is -0.383 e. The first-order chi connectivity index (χ1) is 10.7. The highest BCUT2D eigenvalue weighted by molar-refractivity contribution is 5.77. The number of aliphatic imine (C=N–C) groups is 1. The molecule has 1 aromatic carbocycles. The summed E-state index contributed by atoms with van der Waals surface area (Å²) in [4.78, 5) is 4.10. The highest BCUT2D eigenvalue weighted by atomic mass is 19.1. The average molecular weight is 305 g/mol. The van der Waals surface area contributed by atoms with E-state index in [0.717, 1.165) is 11.4 Å². The Bertz CT molecular complexity index is 609. The normalized spacial score (nSPS) is 11.6. The summed E-state index contributed by atoms with van der Waals surface area (Å²) in [7, 11) is 1.62. The van der Waals surface area contributed by atoms with E-state index in [-0.39, 0.29) is 5.82 Å². The lowest BCUT2D eigenvalue weighted by Gasteiger charge is -2.04. The molecule has 22 heavy (non-hydrogen) atoms. The SMILES string of the molecule is COCCN=C(N)NCCc1ccn(-c2ccc(F)cc2)n1. The molecule has 1 aromatic heterocycles. The quantitative estimate of drug-likeness (QED) is 0.456. The van der Waals surface area contributed by atoms with Crippen molar-refractivity contribution in [1.82, 2.24) is 15.1 Å². The maximum Gasteiger partial charge on any atom is 0.188 e. The van der Waals surface area contributed by atoms with Crippen molar-refractivity contribution in [2.75, 3.05) is 26.8 Å². The Kier molecular flexibility index (Phi) is 5.91. The lowest BCUT2D eigenvalue weighted by Crippen LogP contribution is -2.33. The molecule has 7 heteroatoms. The van der Waals surface area contributed by atoms with E-state index in [1.807, 2.05) is 12.3 Å². The van der Waals surface area contributed by atoms with Gasteiger partial charge in [0, 0.05) is 26.3 Å². The van der Waals surface area contributed by atoms with Crippen LogP contribution in [0.3, 0.4) is 0 Å². The van der Waals surface area contributed by atoms with Gasteiger partial charge >= 0.3 is 0 Å². The van der Waals surface area contributed by atoms with E-state index in [1.54, 1.807) is 23.9 Å². The number of ether oxygens (including phenoxy) is 1. The second-order valence-corrected chi connectivity index (χ2v) is 4.66. The molecule has 0 aliphatic rings. The summed E-state index contributed by atoms with van der Waals surface area (Å²) in [6.07, 6.45) is 2.56. The largest absolute Gasteiger partial charge is 0.383 e. The maximum atomic E-state index is 12.9. The average Bonchev–Trinajstić information content (AvgIpc) is 2.97. The van der Waals surface area contributed by atoms with E-state index in [1.165, 1.54) is 12.1 Å². The summed E-state index contributed by atoms with van der Waals surface area (Å²) >= 11 is 0. The molecule has 0 aliphatic carbocycles. The van der Waals surface area contributed by atoms with Gasteiger partial charge in [0.2, 0.25) is 0 Å². The first-order valence-corrected chi connectivity index (χ1v) is 7.02. The number of nitrogens with one attached hydrogen (secondary N) is 1. The zero-order valence-electron chi connectivity index (χ0n) is 12.5. The van der Waals surface area contributed by atoms with Crippen LogP contribution in [0, 0.1) is 5.82 Å². The van der Waals surface area contributed by atoms with Crippen LogP contribution in [0.1, 0.15) is 5.69 Å². The molecule has 0 saturated heterocycles. The molecular weight excluding hydrogens is 285 g/mol. The van der Waals surface area contributed by atoms with E-state index in [9.17, 15) is 4.39 Å². The minimum atomic E-state index is -0.261. The summed E-state index contributed by atoms with van der Waals surface area (Å²) in [6.45, 7) is 1.72. The molecule has 2 rings (SSSR count). The second kappa shape index (κ2) is 8.14. The van der Waals surface area contributed by atoms with Gasteiger partial charge in [-0.05, 0) is 30.3 Å². The second-order valence-electron chi connectivity index (χ2n) is 4.66. The van der Waals surface area contributed by atoms with Crippen LogP contribution in [0.4, 0.5) is 4.39 Å². The van der Waals surface area contributed by atoms with Crippen LogP contribution < -0.4 is 11.1 Å². The van der Waals surface area contributed by atoms with Crippen molar-refractivity contribution in [3.63, 3.8) is 0 Å². The summed E-state index contributed by atoms with van der Waals surface area (Å²) in [5.41, 5.74) is 7.45. The predicted molar refractivity (Wildman–Crippen MR) is 83.6 cm³/mol. The molecule has 0 bridgehead atoms. The first kappa shape index (κ1) is 16.0. The molecule has 0 spiro atoms. The third-order valence-corrected chi connectivity index (χ3v) is 3.00. The molecule has 0 unspecified atom stereocenters. The van der Waals surface area contributed by atoms with Gasteiger partial charge in [-0.3, -0.25) is 4.99 Å². The fraction of sp³-hybridized carbons (Fsp3) is 0.333. The molecule has 3 N–H and O–H groups in total. The fourth-order valence-corrected chi connectivity index (χ4v) is 1.86. The molecule has 0 fully saturated rings. The molecule has 0 saturated carbocycles. The van der Waals surface area contributed by atoms with Gasteiger partial charge in [-0.2, -0.15) is 5.10 Å². The van der Waals surface area contributed by atoms with Crippen LogP contribution in [0.2, 0.25) is 0 Å². The zero-order valence-corrected chi connectivity index (χ0v) is 12.5. The zero-order chi connectivity index (χ0) is 15.8. The Morgan fingerprint density at radius 3 is 2.86 bits per heavy atom. The van der Waals surface area contributed by atoms with Crippen molar-refractivity contribution < 1.29 is 9.13 Å². The Morgan fingerprint density at radius 2 is 2.14 bits per heavy atom. The number of hydrogen-bond acceptors (Lipinski definition) is 3. The number of hydrogen-bond donors (Lipinski definition) is 2. The van der Waals surface area contributed by atoms with Crippen LogP contribution in [0.25, 0.3) is 5.69 Å². The summed E-state index contributed by atoms with van der Waals surface area (Å²) in [6, 6.07) is 8.11. The molecule has 1 heterocycles. The van der Waals surface area contributed by atoms with E-state index >= 15 is 0 Å². The van der Waals surface area contributed by atoms with Gasteiger partial charge in [-0.15, -0.1) is 0 Å². The molecule has 118 valence electrons. The smallest absolute Gasteiger partial charge is 0.188 e. The maximum absolute atomic E-state index is 12.9. The molecule has 2 aromatic rings. The van der Waals surface area contributed by atoms with Gasteiger partial charge in [0.25, 0.3) is 0 Å². The highest BCUT2D eigenvalue weighted by Crippen LogP contribution is 2.09. The monoisotopic (exact) mass is 305 g/mol. The number of methoxy groups -OCH3 is 1. The van der Waals surface area contributed by atoms with Crippen LogP contribution in [0.15, 0.2) is 41.5 Å². The summed E-state index contributed by atoms with van der Waals surface area (Å²) in [5, 5.41) is 7.46. The number of aromatic nitrogens is 2. The van der Waals surface area contributed by atoms with E-state index < -0.39 is 0 Å². The third-order valence-electron chi connectivity index (χ3n) is 3.00. The predicted octanol–water partition coefficient (Wildman–Crippen LogP) is 1.10. The van der Waals surface area contributed by atoms with Gasteiger partial charge < -0.3 is 15.8 Å².